The Hall–Kier alpha value is -1.26. The van der Waals surface area contributed by atoms with E-state index >= 15 is 0 Å². The molecule has 5 heteroatoms. The quantitative estimate of drug-likeness (QED) is 0.811. The second-order valence-corrected chi connectivity index (χ2v) is 4.56. The minimum absolute atomic E-state index is 0.0905. The number of amides is 1. The van der Waals surface area contributed by atoms with E-state index in [4.69, 9.17) is 22.1 Å². The molecule has 1 aromatic rings. The molecule has 0 aliphatic heterocycles. The molecule has 1 fully saturated rings. The van der Waals surface area contributed by atoms with E-state index in [1.807, 2.05) is 0 Å². The van der Waals surface area contributed by atoms with E-state index in [9.17, 15) is 4.79 Å². The SMILES string of the molecule is Nc1cc(NC(=O)COC2CCC2)ccc1Cl. The number of nitrogens with one attached hydrogen (secondary N) is 1. The molecule has 1 amide bonds. The van der Waals surface area contributed by atoms with Crippen molar-refractivity contribution in [1.82, 2.24) is 0 Å². The summed E-state index contributed by atoms with van der Waals surface area (Å²) in [7, 11) is 0. The molecule has 0 heterocycles. The van der Waals surface area contributed by atoms with E-state index in [1.54, 1.807) is 18.2 Å². The summed E-state index contributed by atoms with van der Waals surface area (Å²) < 4.78 is 5.40. The summed E-state index contributed by atoms with van der Waals surface area (Å²) in [6.07, 6.45) is 3.57. The number of hydrogen-bond donors (Lipinski definition) is 2. The van der Waals surface area contributed by atoms with Gasteiger partial charge >= 0.3 is 0 Å². The third kappa shape index (κ3) is 3.35. The highest BCUT2D eigenvalue weighted by atomic mass is 35.5. The van der Waals surface area contributed by atoms with Crippen LogP contribution in [0.2, 0.25) is 5.02 Å². The lowest BCUT2D eigenvalue weighted by Crippen LogP contribution is -2.27. The molecule has 1 aliphatic rings. The number of nitrogen functional groups attached to an aromatic ring is 1. The molecule has 0 saturated heterocycles. The first-order chi connectivity index (χ1) is 8.15. The van der Waals surface area contributed by atoms with Crippen LogP contribution in [0.25, 0.3) is 0 Å². The Bertz CT molecular complexity index is 419. The molecule has 4 nitrogen and oxygen atoms in total. The predicted molar refractivity (Wildman–Crippen MR) is 68.1 cm³/mol. The lowest BCUT2D eigenvalue weighted by atomic mass is 9.96. The Morgan fingerprint density at radius 3 is 2.88 bits per heavy atom. The van der Waals surface area contributed by atoms with Crippen molar-refractivity contribution < 1.29 is 9.53 Å². The van der Waals surface area contributed by atoms with E-state index in [0.29, 0.717) is 16.4 Å². The first-order valence-electron chi connectivity index (χ1n) is 5.61. The Labute approximate surface area is 105 Å². The van der Waals surface area contributed by atoms with Gasteiger partial charge in [0, 0.05) is 5.69 Å². The first kappa shape index (κ1) is 12.2. The van der Waals surface area contributed by atoms with Gasteiger partial charge in [-0.15, -0.1) is 0 Å². The molecule has 0 bridgehead atoms. The van der Waals surface area contributed by atoms with Crippen LogP contribution in [0, 0.1) is 0 Å². The lowest BCUT2D eigenvalue weighted by molar-refractivity contribution is -0.124. The van der Waals surface area contributed by atoms with Gasteiger partial charge in [0.05, 0.1) is 16.8 Å². The van der Waals surface area contributed by atoms with Gasteiger partial charge in [-0.2, -0.15) is 0 Å². The maximum atomic E-state index is 11.5. The van der Waals surface area contributed by atoms with Crippen molar-refractivity contribution in [2.75, 3.05) is 17.7 Å². The molecule has 0 radical (unpaired) electrons. The summed E-state index contributed by atoms with van der Waals surface area (Å²) in [5.74, 6) is -0.168. The summed E-state index contributed by atoms with van der Waals surface area (Å²) in [6.45, 7) is 0.0905. The zero-order chi connectivity index (χ0) is 12.3. The highest BCUT2D eigenvalue weighted by Gasteiger charge is 2.18. The summed E-state index contributed by atoms with van der Waals surface area (Å²) in [6, 6.07) is 4.99. The molecule has 1 aliphatic carbocycles. The molecule has 0 atom stereocenters. The van der Waals surface area contributed by atoms with Crippen LogP contribution in [-0.4, -0.2) is 18.6 Å². The fourth-order valence-electron chi connectivity index (χ4n) is 1.55. The number of carbonyl (C=O) groups is 1. The standard InChI is InChI=1S/C12H15ClN2O2/c13-10-5-4-8(6-11(10)14)15-12(16)7-17-9-2-1-3-9/h4-6,9H,1-3,7,14H2,(H,15,16). The van der Waals surface area contributed by atoms with Crippen molar-refractivity contribution in [2.45, 2.75) is 25.4 Å². The fourth-order valence-corrected chi connectivity index (χ4v) is 1.67. The van der Waals surface area contributed by atoms with Gasteiger partial charge in [-0.3, -0.25) is 4.79 Å². The third-order valence-electron chi connectivity index (χ3n) is 2.78. The van der Waals surface area contributed by atoms with Gasteiger partial charge in [-0.05, 0) is 37.5 Å². The van der Waals surface area contributed by atoms with Crippen LogP contribution < -0.4 is 11.1 Å². The van der Waals surface area contributed by atoms with Gasteiger partial charge < -0.3 is 15.8 Å². The van der Waals surface area contributed by atoms with Gasteiger partial charge in [0.1, 0.15) is 6.61 Å². The van der Waals surface area contributed by atoms with E-state index in [-0.39, 0.29) is 18.6 Å². The van der Waals surface area contributed by atoms with Gasteiger partial charge in [0.15, 0.2) is 0 Å². The van der Waals surface area contributed by atoms with Crippen molar-refractivity contribution in [1.29, 1.82) is 0 Å². The zero-order valence-electron chi connectivity index (χ0n) is 9.41. The van der Waals surface area contributed by atoms with Crippen LogP contribution in [0.4, 0.5) is 11.4 Å². The molecule has 0 aromatic heterocycles. The Kier molecular flexibility index (Phi) is 3.86. The number of halogens is 1. The lowest BCUT2D eigenvalue weighted by Gasteiger charge is -2.25. The molecular weight excluding hydrogens is 240 g/mol. The monoisotopic (exact) mass is 254 g/mol. The van der Waals surface area contributed by atoms with Gasteiger partial charge in [-0.25, -0.2) is 0 Å². The van der Waals surface area contributed by atoms with Gasteiger partial charge in [0.25, 0.3) is 0 Å². The normalized spacial score (nSPS) is 15.4. The van der Waals surface area contributed by atoms with E-state index < -0.39 is 0 Å². The summed E-state index contributed by atoms with van der Waals surface area (Å²) in [4.78, 5) is 11.5. The number of ether oxygens (including phenoxy) is 1. The van der Waals surface area contributed by atoms with Crippen LogP contribution in [0.15, 0.2) is 18.2 Å². The minimum atomic E-state index is -0.168. The van der Waals surface area contributed by atoms with Crippen molar-refractivity contribution >= 4 is 28.9 Å². The van der Waals surface area contributed by atoms with Gasteiger partial charge in [0.2, 0.25) is 5.91 Å². The second-order valence-electron chi connectivity index (χ2n) is 4.15. The Morgan fingerprint density at radius 2 is 2.29 bits per heavy atom. The predicted octanol–water partition coefficient (Wildman–Crippen LogP) is 2.43. The summed E-state index contributed by atoms with van der Waals surface area (Å²) in [5, 5.41) is 3.19. The van der Waals surface area contributed by atoms with Crippen molar-refractivity contribution in [3.8, 4) is 0 Å². The van der Waals surface area contributed by atoms with E-state index in [2.05, 4.69) is 5.32 Å². The molecule has 1 saturated carbocycles. The zero-order valence-corrected chi connectivity index (χ0v) is 10.2. The second kappa shape index (κ2) is 5.38. The van der Waals surface area contributed by atoms with Gasteiger partial charge in [-0.1, -0.05) is 11.6 Å². The van der Waals surface area contributed by atoms with Crippen molar-refractivity contribution in [3.63, 3.8) is 0 Å². The number of hydrogen-bond acceptors (Lipinski definition) is 3. The first-order valence-corrected chi connectivity index (χ1v) is 5.99. The average molecular weight is 255 g/mol. The molecule has 0 unspecified atom stereocenters. The number of carbonyl (C=O) groups excluding carboxylic acids is 1. The molecule has 3 N–H and O–H groups in total. The maximum Gasteiger partial charge on any atom is 0.250 e. The van der Waals surface area contributed by atoms with Crippen LogP contribution in [-0.2, 0) is 9.53 Å². The Morgan fingerprint density at radius 1 is 1.53 bits per heavy atom. The Balaban J connectivity index is 1.82. The number of nitrogens with two attached hydrogens (primary N) is 1. The largest absolute Gasteiger partial charge is 0.397 e. The number of anilines is 2. The smallest absolute Gasteiger partial charge is 0.250 e. The fraction of sp³-hybridized carbons (Fsp3) is 0.417. The van der Waals surface area contributed by atoms with Crippen LogP contribution >= 0.6 is 11.6 Å². The molecule has 0 spiro atoms. The molecular formula is C12H15ClN2O2. The summed E-state index contributed by atoms with van der Waals surface area (Å²) >= 11 is 5.78. The average Bonchev–Trinajstić information content (AvgIpc) is 2.21. The van der Waals surface area contributed by atoms with E-state index in [0.717, 1.165) is 12.8 Å². The third-order valence-corrected chi connectivity index (χ3v) is 3.13. The molecule has 1 aromatic carbocycles. The highest BCUT2D eigenvalue weighted by molar-refractivity contribution is 6.33. The van der Waals surface area contributed by atoms with Crippen LogP contribution in [0.3, 0.4) is 0 Å². The van der Waals surface area contributed by atoms with Crippen LogP contribution in [0.1, 0.15) is 19.3 Å². The van der Waals surface area contributed by atoms with Crippen molar-refractivity contribution in [2.24, 2.45) is 0 Å². The van der Waals surface area contributed by atoms with Crippen LogP contribution in [0.5, 0.6) is 0 Å². The topological polar surface area (TPSA) is 64.3 Å². The van der Waals surface area contributed by atoms with Crippen molar-refractivity contribution in [3.05, 3.63) is 23.2 Å². The minimum Gasteiger partial charge on any atom is -0.397 e. The summed E-state index contributed by atoms with van der Waals surface area (Å²) in [5.41, 5.74) is 6.72. The maximum absolute atomic E-state index is 11.5. The van der Waals surface area contributed by atoms with E-state index in [1.165, 1.54) is 6.42 Å². The molecule has 17 heavy (non-hydrogen) atoms. The molecule has 92 valence electrons. The number of benzene rings is 1. The highest BCUT2D eigenvalue weighted by Crippen LogP contribution is 2.23. The number of rotatable bonds is 4. The molecule has 2 rings (SSSR count).